The van der Waals surface area contributed by atoms with E-state index < -0.39 is 0 Å². The van der Waals surface area contributed by atoms with E-state index in [0.29, 0.717) is 0 Å². The maximum atomic E-state index is 2.44. The molecule has 2 aliphatic heterocycles. The van der Waals surface area contributed by atoms with Crippen molar-refractivity contribution in [3.8, 4) is 22.3 Å². The third-order valence-electron chi connectivity index (χ3n) is 7.57. The lowest BCUT2D eigenvalue weighted by Crippen LogP contribution is -2.21. The monoisotopic (exact) mass is 490 g/mol. The summed E-state index contributed by atoms with van der Waals surface area (Å²) in [7, 11) is 1.60. The molecule has 36 heavy (non-hydrogen) atoms. The Labute approximate surface area is 218 Å². The van der Waals surface area contributed by atoms with Crippen LogP contribution in [0.3, 0.4) is 0 Å². The number of benzene rings is 5. The van der Waals surface area contributed by atoms with E-state index in [1.165, 1.54) is 65.3 Å². The summed E-state index contributed by atoms with van der Waals surface area (Å²) in [6.45, 7) is 0. The molecule has 2 aliphatic rings. The number of aryl methyl sites for hydroxylation is 4. The van der Waals surface area contributed by atoms with Crippen LogP contribution in [0.2, 0.25) is 0 Å². The lowest BCUT2D eigenvalue weighted by molar-refractivity contribution is 0.941. The van der Waals surface area contributed by atoms with Crippen LogP contribution in [-0.4, -0.2) is 19.0 Å². The van der Waals surface area contributed by atoms with Crippen LogP contribution in [0.5, 0.6) is 0 Å². The molecule has 0 spiro atoms. The van der Waals surface area contributed by atoms with Crippen LogP contribution in [-0.2, 0) is 25.7 Å². The van der Waals surface area contributed by atoms with Crippen molar-refractivity contribution in [2.45, 2.75) is 25.7 Å². The minimum absolute atomic E-state index is 0.798. The van der Waals surface area contributed by atoms with Crippen molar-refractivity contribution in [3.63, 3.8) is 0 Å². The van der Waals surface area contributed by atoms with Crippen LogP contribution in [0.15, 0.2) is 109 Å². The molecule has 0 aliphatic carbocycles. The lowest BCUT2D eigenvalue weighted by atomic mass is 9.98. The van der Waals surface area contributed by atoms with Crippen LogP contribution < -0.4 is 20.7 Å². The minimum Gasteiger partial charge on any atom is -0.0625 e. The molecule has 0 unspecified atom stereocenters. The van der Waals surface area contributed by atoms with E-state index in [1.54, 1.807) is 0 Å². The predicted molar refractivity (Wildman–Crippen MR) is 155 cm³/mol. The molecule has 0 atom stereocenters. The maximum absolute atomic E-state index is 2.44. The van der Waals surface area contributed by atoms with Gasteiger partial charge in [0, 0.05) is 0 Å². The molecule has 2 heteroatoms. The fraction of sp³-hybridized carbons (Fsp3) is 0.118. The fourth-order valence-corrected chi connectivity index (χ4v) is 8.43. The SMILES string of the molecule is c1ccc2c(c1)[Si]c1cc(CCc3ccc(CCc4ccc5c(c4)[Si]c4ccccc4-5)cc3)ccc1-2. The van der Waals surface area contributed by atoms with Gasteiger partial charge in [-0.2, -0.15) is 0 Å². The van der Waals surface area contributed by atoms with Crippen molar-refractivity contribution in [2.75, 3.05) is 0 Å². The van der Waals surface area contributed by atoms with Gasteiger partial charge in [0.05, 0.1) is 0 Å². The summed E-state index contributed by atoms with van der Waals surface area (Å²) in [6.07, 6.45) is 4.40. The first-order chi connectivity index (χ1) is 17.8. The summed E-state index contributed by atoms with van der Waals surface area (Å²) in [5.74, 6) is 0. The van der Waals surface area contributed by atoms with Crippen molar-refractivity contribution in [3.05, 3.63) is 131 Å². The van der Waals surface area contributed by atoms with Crippen LogP contribution in [0.4, 0.5) is 0 Å². The van der Waals surface area contributed by atoms with Gasteiger partial charge in [-0.1, -0.05) is 130 Å². The van der Waals surface area contributed by atoms with Crippen molar-refractivity contribution in [1.29, 1.82) is 0 Å². The maximum Gasteiger partial charge on any atom is 0.123 e. The van der Waals surface area contributed by atoms with Crippen LogP contribution in [0.25, 0.3) is 22.3 Å². The zero-order valence-corrected chi connectivity index (χ0v) is 22.2. The number of rotatable bonds is 6. The topological polar surface area (TPSA) is 0 Å². The Kier molecular flexibility index (Phi) is 5.57. The van der Waals surface area contributed by atoms with Gasteiger partial charge >= 0.3 is 0 Å². The summed E-state index contributed by atoms with van der Waals surface area (Å²) < 4.78 is 0. The van der Waals surface area contributed by atoms with Gasteiger partial charge in [-0.25, -0.2) is 0 Å². The number of fused-ring (bicyclic) bond motifs is 6. The highest BCUT2D eigenvalue weighted by atomic mass is 28.2. The Morgan fingerprint density at radius 2 is 0.694 bits per heavy atom. The summed E-state index contributed by atoms with van der Waals surface area (Å²) in [6, 6.07) is 41.3. The second-order valence-electron chi connectivity index (χ2n) is 9.92. The molecular weight excluding hydrogens is 465 g/mol. The van der Waals surface area contributed by atoms with Gasteiger partial charge in [0.2, 0.25) is 0 Å². The molecule has 0 nitrogen and oxygen atoms in total. The highest BCUT2D eigenvalue weighted by Crippen LogP contribution is 2.22. The highest BCUT2D eigenvalue weighted by molar-refractivity contribution is 6.73. The molecule has 5 aromatic rings. The molecular formula is C34H26Si2. The Hall–Kier alpha value is -3.47. The highest BCUT2D eigenvalue weighted by Gasteiger charge is 2.19. The fourth-order valence-electron chi connectivity index (χ4n) is 5.56. The first-order valence-corrected chi connectivity index (χ1v) is 14.9. The van der Waals surface area contributed by atoms with E-state index in [0.717, 1.165) is 44.7 Å². The Morgan fingerprint density at radius 1 is 0.333 bits per heavy atom. The van der Waals surface area contributed by atoms with E-state index in [-0.39, 0.29) is 0 Å². The zero-order chi connectivity index (χ0) is 23.9. The average molecular weight is 491 g/mol. The van der Waals surface area contributed by atoms with Crippen molar-refractivity contribution >= 4 is 39.8 Å². The molecule has 7 rings (SSSR count). The third kappa shape index (κ3) is 4.11. The van der Waals surface area contributed by atoms with Crippen molar-refractivity contribution in [1.82, 2.24) is 0 Å². The molecule has 0 N–H and O–H groups in total. The van der Waals surface area contributed by atoms with Crippen LogP contribution in [0, 0.1) is 0 Å². The molecule has 0 bridgehead atoms. The molecule has 0 saturated heterocycles. The number of hydrogen-bond donors (Lipinski definition) is 0. The van der Waals surface area contributed by atoms with Gasteiger partial charge in [-0.05, 0) is 70.2 Å². The third-order valence-corrected chi connectivity index (χ3v) is 10.3. The molecule has 0 amide bonds. The molecule has 2 heterocycles. The van der Waals surface area contributed by atoms with Gasteiger partial charge in [0.25, 0.3) is 0 Å². The predicted octanol–water partition coefficient (Wildman–Crippen LogP) is 4.53. The Balaban J connectivity index is 0.962. The molecule has 0 fully saturated rings. The lowest BCUT2D eigenvalue weighted by Gasteiger charge is -2.08. The average Bonchev–Trinajstić information content (AvgIpc) is 3.48. The van der Waals surface area contributed by atoms with E-state index in [4.69, 9.17) is 0 Å². The largest absolute Gasteiger partial charge is 0.123 e. The van der Waals surface area contributed by atoms with Crippen molar-refractivity contribution in [2.24, 2.45) is 0 Å². The summed E-state index contributed by atoms with van der Waals surface area (Å²) in [5, 5.41) is 6.01. The van der Waals surface area contributed by atoms with Gasteiger partial charge in [-0.15, -0.1) is 0 Å². The molecule has 4 radical (unpaired) electrons. The zero-order valence-electron chi connectivity index (χ0n) is 20.2. The van der Waals surface area contributed by atoms with Gasteiger partial charge in [-0.3, -0.25) is 0 Å². The molecule has 0 saturated carbocycles. The van der Waals surface area contributed by atoms with E-state index in [9.17, 15) is 0 Å². The second kappa shape index (κ2) is 9.20. The van der Waals surface area contributed by atoms with E-state index >= 15 is 0 Å². The van der Waals surface area contributed by atoms with Crippen molar-refractivity contribution < 1.29 is 0 Å². The standard InChI is InChI=1S/C34H26Si2/c1-3-7-31-27(5-1)29-19-17-25(21-33(29)35-31)15-13-23-9-11-24(12-10-23)14-16-26-18-20-30-28-6-2-4-8-32(28)36-34(30)22-26/h1-12,17-22H,13-16H2. The smallest absolute Gasteiger partial charge is 0.0625 e. The van der Waals surface area contributed by atoms with Gasteiger partial charge in [0.1, 0.15) is 19.0 Å². The van der Waals surface area contributed by atoms with E-state index in [1.807, 2.05) is 0 Å². The first-order valence-electron chi connectivity index (χ1n) is 12.9. The second-order valence-corrected chi connectivity index (χ2v) is 12.6. The normalized spacial score (nSPS) is 12.7. The van der Waals surface area contributed by atoms with Gasteiger partial charge < -0.3 is 0 Å². The van der Waals surface area contributed by atoms with Crippen LogP contribution in [0.1, 0.15) is 22.3 Å². The number of hydrogen-bond acceptors (Lipinski definition) is 0. The minimum atomic E-state index is 0.798. The summed E-state index contributed by atoms with van der Waals surface area (Å²) in [5.41, 5.74) is 11.5. The molecule has 170 valence electrons. The quantitative estimate of drug-likeness (QED) is 0.301. The Morgan fingerprint density at radius 3 is 1.17 bits per heavy atom. The first kappa shape index (κ1) is 21.8. The van der Waals surface area contributed by atoms with Gasteiger partial charge in [0.15, 0.2) is 0 Å². The van der Waals surface area contributed by atoms with Crippen LogP contribution >= 0.6 is 0 Å². The molecule has 5 aromatic carbocycles. The Bertz CT molecular complexity index is 1460. The summed E-state index contributed by atoms with van der Waals surface area (Å²) >= 11 is 0. The van der Waals surface area contributed by atoms with E-state index in [2.05, 4.69) is 109 Å². The molecule has 0 aromatic heterocycles. The summed E-state index contributed by atoms with van der Waals surface area (Å²) in [4.78, 5) is 0.